The summed E-state index contributed by atoms with van der Waals surface area (Å²) in [7, 11) is 0. The van der Waals surface area contributed by atoms with Crippen LogP contribution in [0.25, 0.3) is 0 Å². The Labute approximate surface area is 119 Å². The summed E-state index contributed by atoms with van der Waals surface area (Å²) in [4.78, 5) is 15.0. The molecule has 0 aliphatic carbocycles. The molecule has 0 amide bonds. The van der Waals surface area contributed by atoms with Crippen molar-refractivity contribution in [3.63, 3.8) is 0 Å². The number of pyridine rings is 1. The molecule has 0 atom stereocenters. The molecule has 1 heterocycles. The van der Waals surface area contributed by atoms with Gasteiger partial charge in [-0.1, -0.05) is 32.9 Å². The fourth-order valence-corrected chi connectivity index (χ4v) is 1.87. The van der Waals surface area contributed by atoms with Crippen LogP contribution in [0.1, 0.15) is 43.1 Å². The van der Waals surface area contributed by atoms with E-state index >= 15 is 0 Å². The van der Waals surface area contributed by atoms with Crippen LogP contribution in [-0.2, 0) is 5.41 Å². The first-order valence-electron chi connectivity index (χ1n) is 6.75. The second kappa shape index (κ2) is 5.87. The standard InChI is InChI=1S/C17H19NO2/c1-4-17(2,3)14-7-9-15(10-8-14)20-16-13(12-19)6-5-11-18-16/h5-12H,4H2,1-3H3. The summed E-state index contributed by atoms with van der Waals surface area (Å²) in [6.07, 6.45) is 3.43. The summed E-state index contributed by atoms with van der Waals surface area (Å²) in [5.74, 6) is 1.02. The molecule has 3 nitrogen and oxygen atoms in total. The molecule has 1 aromatic carbocycles. The molecule has 0 saturated heterocycles. The smallest absolute Gasteiger partial charge is 0.229 e. The first kappa shape index (κ1) is 14.3. The van der Waals surface area contributed by atoms with Crippen molar-refractivity contribution in [2.24, 2.45) is 0 Å². The van der Waals surface area contributed by atoms with Crippen molar-refractivity contribution in [1.29, 1.82) is 0 Å². The van der Waals surface area contributed by atoms with Crippen molar-refractivity contribution < 1.29 is 9.53 Å². The minimum Gasteiger partial charge on any atom is -0.438 e. The van der Waals surface area contributed by atoms with Crippen LogP contribution in [0.2, 0.25) is 0 Å². The number of carbonyl (C=O) groups is 1. The molecule has 104 valence electrons. The van der Waals surface area contributed by atoms with Crippen molar-refractivity contribution in [3.8, 4) is 11.6 Å². The average molecular weight is 269 g/mol. The molecule has 20 heavy (non-hydrogen) atoms. The van der Waals surface area contributed by atoms with Crippen LogP contribution in [0.5, 0.6) is 11.6 Å². The molecule has 0 radical (unpaired) electrons. The molecular formula is C17H19NO2. The lowest BCUT2D eigenvalue weighted by atomic mass is 9.82. The zero-order chi connectivity index (χ0) is 14.6. The fraction of sp³-hybridized carbons (Fsp3) is 0.294. The molecule has 0 unspecified atom stereocenters. The lowest BCUT2D eigenvalue weighted by Gasteiger charge is -2.23. The Balaban J connectivity index is 2.21. The summed E-state index contributed by atoms with van der Waals surface area (Å²) in [5, 5.41) is 0. The van der Waals surface area contributed by atoms with E-state index in [0.717, 1.165) is 12.7 Å². The van der Waals surface area contributed by atoms with Gasteiger partial charge in [-0.15, -0.1) is 0 Å². The Morgan fingerprint density at radius 1 is 1.20 bits per heavy atom. The molecule has 0 N–H and O–H groups in total. The molecule has 3 heteroatoms. The van der Waals surface area contributed by atoms with Gasteiger partial charge < -0.3 is 4.74 Å². The molecule has 2 rings (SSSR count). The van der Waals surface area contributed by atoms with Crippen LogP contribution in [-0.4, -0.2) is 11.3 Å². The normalized spacial score (nSPS) is 11.2. The third kappa shape index (κ3) is 3.05. The number of carbonyl (C=O) groups excluding carboxylic acids is 1. The van der Waals surface area contributed by atoms with Gasteiger partial charge in [-0.25, -0.2) is 4.98 Å². The molecule has 0 bridgehead atoms. The number of hydrogen-bond acceptors (Lipinski definition) is 3. The van der Waals surface area contributed by atoms with E-state index in [9.17, 15) is 4.79 Å². The van der Waals surface area contributed by atoms with E-state index in [-0.39, 0.29) is 5.41 Å². The van der Waals surface area contributed by atoms with Crippen LogP contribution < -0.4 is 4.74 Å². The van der Waals surface area contributed by atoms with Gasteiger partial charge in [-0.05, 0) is 41.7 Å². The van der Waals surface area contributed by atoms with Crippen molar-refractivity contribution in [2.45, 2.75) is 32.6 Å². The number of benzene rings is 1. The van der Waals surface area contributed by atoms with Gasteiger partial charge in [0.05, 0.1) is 5.56 Å². The first-order chi connectivity index (χ1) is 9.56. The molecule has 0 fully saturated rings. The summed E-state index contributed by atoms with van der Waals surface area (Å²) >= 11 is 0. The Morgan fingerprint density at radius 3 is 2.50 bits per heavy atom. The molecule has 0 aliphatic heterocycles. The van der Waals surface area contributed by atoms with E-state index in [4.69, 9.17) is 4.74 Å². The van der Waals surface area contributed by atoms with Crippen LogP contribution in [0.4, 0.5) is 0 Å². The van der Waals surface area contributed by atoms with Gasteiger partial charge >= 0.3 is 0 Å². The maximum atomic E-state index is 10.9. The number of ether oxygens (including phenoxy) is 1. The van der Waals surface area contributed by atoms with Gasteiger partial charge in [0.2, 0.25) is 5.88 Å². The van der Waals surface area contributed by atoms with Gasteiger partial charge in [-0.2, -0.15) is 0 Å². The van der Waals surface area contributed by atoms with Crippen molar-refractivity contribution >= 4 is 6.29 Å². The van der Waals surface area contributed by atoms with Gasteiger partial charge in [0, 0.05) is 6.20 Å². The van der Waals surface area contributed by atoms with E-state index in [2.05, 4.69) is 37.9 Å². The van der Waals surface area contributed by atoms with Gasteiger partial charge in [-0.3, -0.25) is 4.79 Å². The Hall–Kier alpha value is -2.16. The predicted molar refractivity (Wildman–Crippen MR) is 79.5 cm³/mol. The topological polar surface area (TPSA) is 39.2 Å². The van der Waals surface area contributed by atoms with Crippen LogP contribution >= 0.6 is 0 Å². The number of hydrogen-bond donors (Lipinski definition) is 0. The highest BCUT2D eigenvalue weighted by atomic mass is 16.5. The van der Waals surface area contributed by atoms with Crippen LogP contribution in [0.15, 0.2) is 42.6 Å². The summed E-state index contributed by atoms with van der Waals surface area (Å²) in [6, 6.07) is 11.3. The number of rotatable bonds is 5. The Bertz CT molecular complexity index is 588. The second-order valence-electron chi connectivity index (χ2n) is 5.38. The number of nitrogens with zero attached hydrogens (tertiary/aromatic N) is 1. The van der Waals surface area contributed by atoms with Crippen molar-refractivity contribution in [2.75, 3.05) is 0 Å². The van der Waals surface area contributed by atoms with Crippen molar-refractivity contribution in [3.05, 3.63) is 53.7 Å². The number of aromatic nitrogens is 1. The molecular weight excluding hydrogens is 250 g/mol. The van der Waals surface area contributed by atoms with E-state index in [0.29, 0.717) is 17.2 Å². The molecule has 0 saturated carbocycles. The minimum atomic E-state index is 0.150. The number of aldehydes is 1. The van der Waals surface area contributed by atoms with E-state index in [1.807, 2.05) is 12.1 Å². The first-order valence-corrected chi connectivity index (χ1v) is 6.75. The van der Waals surface area contributed by atoms with Crippen LogP contribution in [0.3, 0.4) is 0 Å². The zero-order valence-corrected chi connectivity index (χ0v) is 12.1. The highest BCUT2D eigenvalue weighted by Gasteiger charge is 2.17. The maximum Gasteiger partial charge on any atom is 0.229 e. The maximum absolute atomic E-state index is 10.9. The van der Waals surface area contributed by atoms with Gasteiger partial charge in [0.15, 0.2) is 6.29 Å². The van der Waals surface area contributed by atoms with E-state index < -0.39 is 0 Å². The van der Waals surface area contributed by atoms with E-state index in [1.165, 1.54) is 5.56 Å². The minimum absolute atomic E-state index is 0.150. The fourth-order valence-electron chi connectivity index (χ4n) is 1.87. The molecule has 0 aliphatic rings. The van der Waals surface area contributed by atoms with Gasteiger partial charge in [0.25, 0.3) is 0 Å². The predicted octanol–water partition coefficient (Wildman–Crippen LogP) is 4.37. The highest BCUT2D eigenvalue weighted by molar-refractivity contribution is 5.78. The SMILES string of the molecule is CCC(C)(C)c1ccc(Oc2ncccc2C=O)cc1. The molecule has 2 aromatic rings. The van der Waals surface area contributed by atoms with Gasteiger partial charge in [0.1, 0.15) is 5.75 Å². The second-order valence-corrected chi connectivity index (χ2v) is 5.38. The highest BCUT2D eigenvalue weighted by Crippen LogP contribution is 2.29. The Kier molecular flexibility index (Phi) is 4.18. The lowest BCUT2D eigenvalue weighted by Crippen LogP contribution is -2.14. The summed E-state index contributed by atoms with van der Waals surface area (Å²) in [6.45, 7) is 6.60. The monoisotopic (exact) mass is 269 g/mol. The van der Waals surface area contributed by atoms with E-state index in [1.54, 1.807) is 18.3 Å². The summed E-state index contributed by atoms with van der Waals surface area (Å²) in [5.41, 5.74) is 1.87. The third-order valence-corrected chi connectivity index (χ3v) is 3.66. The third-order valence-electron chi connectivity index (χ3n) is 3.66. The molecule has 1 aromatic heterocycles. The Morgan fingerprint density at radius 2 is 1.90 bits per heavy atom. The largest absolute Gasteiger partial charge is 0.438 e. The van der Waals surface area contributed by atoms with Crippen LogP contribution in [0, 0.1) is 0 Å². The quantitative estimate of drug-likeness (QED) is 0.756. The lowest BCUT2D eigenvalue weighted by molar-refractivity contribution is 0.112. The zero-order valence-electron chi connectivity index (χ0n) is 12.1. The van der Waals surface area contributed by atoms with Crippen molar-refractivity contribution in [1.82, 2.24) is 4.98 Å². The molecule has 0 spiro atoms. The average Bonchev–Trinajstić information content (AvgIpc) is 2.48. The summed E-state index contributed by atoms with van der Waals surface area (Å²) < 4.78 is 5.66.